The van der Waals surface area contributed by atoms with Crippen LogP contribution in [0.4, 0.5) is 19.0 Å². The molecule has 1 aromatic heterocycles. The molecule has 2 aromatic rings. The normalized spacial score (nSPS) is 13.5. The van der Waals surface area contributed by atoms with Crippen molar-refractivity contribution >= 4 is 35.0 Å². The third-order valence-electron chi connectivity index (χ3n) is 3.65. The minimum atomic E-state index is -5.23. The summed E-state index contributed by atoms with van der Waals surface area (Å²) in [5.74, 6) is -4.59. The van der Waals surface area contributed by atoms with Crippen LogP contribution in [-0.4, -0.2) is 28.3 Å². The van der Waals surface area contributed by atoms with Gasteiger partial charge >= 0.3 is 6.18 Å². The molecule has 0 saturated heterocycles. The van der Waals surface area contributed by atoms with Gasteiger partial charge in [-0.2, -0.15) is 13.2 Å². The van der Waals surface area contributed by atoms with Gasteiger partial charge in [0.2, 0.25) is 0 Å². The molecule has 0 unspecified atom stereocenters. The number of pyridine rings is 1. The summed E-state index contributed by atoms with van der Waals surface area (Å²) >= 11 is 5.67. The van der Waals surface area contributed by atoms with Gasteiger partial charge in [0.1, 0.15) is 5.82 Å². The standard InChI is InChI=1S/C15H7ClF3N3O4/c16-5-1-2-8(6(3-5)11(24)15(17,18)19)22-9(23)4-7-10(12(22)20)14(26)21-13(7)25/h1-4H,20H2,(H,21,25,26). The number of nitrogens with one attached hydrogen (secondary N) is 1. The maximum Gasteiger partial charge on any atom is 0.454 e. The molecule has 11 heteroatoms. The van der Waals surface area contributed by atoms with Gasteiger partial charge in [-0.05, 0) is 18.2 Å². The number of nitrogen functional groups attached to an aromatic ring is 1. The van der Waals surface area contributed by atoms with Gasteiger partial charge in [-0.15, -0.1) is 0 Å². The van der Waals surface area contributed by atoms with E-state index in [4.69, 9.17) is 17.3 Å². The number of fused-ring (bicyclic) bond motifs is 1. The molecule has 2 heterocycles. The zero-order valence-electron chi connectivity index (χ0n) is 12.5. The topological polar surface area (TPSA) is 111 Å². The molecule has 3 N–H and O–H groups in total. The Balaban J connectivity index is 2.35. The largest absolute Gasteiger partial charge is 0.454 e. The van der Waals surface area contributed by atoms with Crippen molar-refractivity contribution in [1.82, 2.24) is 9.88 Å². The molecule has 0 spiro atoms. The molecular formula is C15H7ClF3N3O4. The van der Waals surface area contributed by atoms with E-state index in [1.807, 2.05) is 5.32 Å². The van der Waals surface area contributed by atoms with Crippen molar-refractivity contribution < 1.29 is 27.6 Å². The Morgan fingerprint density at radius 3 is 2.38 bits per heavy atom. The van der Waals surface area contributed by atoms with Crippen LogP contribution in [-0.2, 0) is 0 Å². The fourth-order valence-corrected chi connectivity index (χ4v) is 2.74. The lowest BCUT2D eigenvalue weighted by Gasteiger charge is -2.16. The van der Waals surface area contributed by atoms with Crippen LogP contribution in [0.5, 0.6) is 0 Å². The molecule has 1 aliphatic heterocycles. The number of nitrogens with two attached hydrogens (primary N) is 1. The third-order valence-corrected chi connectivity index (χ3v) is 3.89. The van der Waals surface area contributed by atoms with Crippen molar-refractivity contribution in [3.05, 3.63) is 56.3 Å². The average molecular weight is 386 g/mol. The summed E-state index contributed by atoms with van der Waals surface area (Å²) in [4.78, 5) is 47.5. The van der Waals surface area contributed by atoms with Crippen LogP contribution in [0, 0.1) is 0 Å². The lowest BCUT2D eigenvalue weighted by atomic mass is 10.1. The van der Waals surface area contributed by atoms with E-state index < -0.39 is 46.4 Å². The average Bonchev–Trinajstić information content (AvgIpc) is 2.81. The lowest BCUT2D eigenvalue weighted by molar-refractivity contribution is -0.0885. The number of hydrogen-bond acceptors (Lipinski definition) is 5. The molecule has 26 heavy (non-hydrogen) atoms. The second kappa shape index (κ2) is 5.70. The number of imide groups is 1. The molecule has 0 radical (unpaired) electrons. The van der Waals surface area contributed by atoms with Gasteiger partial charge in [0, 0.05) is 11.1 Å². The molecule has 0 fully saturated rings. The van der Waals surface area contributed by atoms with Crippen molar-refractivity contribution in [2.45, 2.75) is 6.18 Å². The Hall–Kier alpha value is -3.14. The number of amides is 2. The van der Waals surface area contributed by atoms with Crippen molar-refractivity contribution in [3.63, 3.8) is 0 Å². The number of anilines is 1. The predicted octanol–water partition coefficient (Wildman–Crippen LogP) is 1.70. The first-order valence-electron chi connectivity index (χ1n) is 6.85. The minimum Gasteiger partial charge on any atom is -0.384 e. The van der Waals surface area contributed by atoms with Crippen molar-refractivity contribution in [2.24, 2.45) is 0 Å². The third kappa shape index (κ3) is 2.64. The van der Waals surface area contributed by atoms with Crippen LogP contribution in [0.15, 0.2) is 29.1 Å². The molecule has 2 amide bonds. The summed E-state index contributed by atoms with van der Waals surface area (Å²) in [5.41, 5.74) is 2.65. The number of Topliss-reactive ketones (excluding diaryl/α,β-unsaturated/α-hetero) is 1. The highest BCUT2D eigenvalue weighted by Gasteiger charge is 2.41. The van der Waals surface area contributed by atoms with E-state index in [0.29, 0.717) is 4.57 Å². The second-order valence-corrected chi connectivity index (χ2v) is 5.70. The summed E-state index contributed by atoms with van der Waals surface area (Å²) in [6.07, 6.45) is -5.23. The Labute approximate surface area is 147 Å². The summed E-state index contributed by atoms with van der Waals surface area (Å²) in [5, 5.41) is 1.74. The minimum absolute atomic E-state index is 0.179. The number of carbonyl (C=O) groups excluding carboxylic acids is 3. The van der Waals surface area contributed by atoms with E-state index in [1.165, 1.54) is 0 Å². The molecular weight excluding hydrogens is 379 g/mol. The number of aromatic nitrogens is 1. The maximum absolute atomic E-state index is 12.9. The molecule has 7 nitrogen and oxygen atoms in total. The van der Waals surface area contributed by atoms with E-state index >= 15 is 0 Å². The van der Waals surface area contributed by atoms with Gasteiger partial charge in [-0.25, -0.2) is 0 Å². The summed E-state index contributed by atoms with van der Waals surface area (Å²) in [6, 6.07) is 3.62. The van der Waals surface area contributed by atoms with E-state index in [9.17, 15) is 32.3 Å². The Kier molecular flexibility index (Phi) is 3.87. The number of nitrogens with zero attached hydrogens (tertiary/aromatic N) is 1. The number of rotatable bonds is 2. The molecule has 0 atom stereocenters. The van der Waals surface area contributed by atoms with Gasteiger partial charge in [-0.3, -0.25) is 29.1 Å². The first-order valence-corrected chi connectivity index (χ1v) is 7.23. The fourth-order valence-electron chi connectivity index (χ4n) is 2.57. The second-order valence-electron chi connectivity index (χ2n) is 5.26. The van der Waals surface area contributed by atoms with Crippen molar-refractivity contribution in [2.75, 3.05) is 5.73 Å². The SMILES string of the molecule is Nc1c2c(cc(=O)n1-c1ccc(Cl)cc1C(=O)C(F)(F)F)C(=O)NC2=O. The first-order chi connectivity index (χ1) is 12.0. The Bertz CT molecular complexity index is 1060. The highest BCUT2D eigenvalue weighted by molar-refractivity contribution is 6.31. The fraction of sp³-hybridized carbons (Fsp3) is 0.0667. The Morgan fingerprint density at radius 2 is 1.77 bits per heavy atom. The number of benzene rings is 1. The molecule has 0 bridgehead atoms. The maximum atomic E-state index is 12.9. The van der Waals surface area contributed by atoms with Crippen LogP contribution < -0.4 is 16.6 Å². The summed E-state index contributed by atoms with van der Waals surface area (Å²) < 4.78 is 39.2. The van der Waals surface area contributed by atoms with Gasteiger partial charge in [0.25, 0.3) is 23.2 Å². The lowest BCUT2D eigenvalue weighted by Crippen LogP contribution is -2.29. The number of ketones is 1. The number of carbonyl (C=O) groups is 3. The molecule has 1 aromatic carbocycles. The first kappa shape index (κ1) is 17.7. The van der Waals surface area contributed by atoms with Crippen molar-refractivity contribution in [3.8, 4) is 5.69 Å². The van der Waals surface area contributed by atoms with E-state index in [-0.39, 0.29) is 16.1 Å². The molecule has 1 aliphatic rings. The van der Waals surface area contributed by atoms with Gasteiger partial charge in [0.05, 0.1) is 22.4 Å². The molecule has 0 aliphatic carbocycles. The quantitative estimate of drug-likeness (QED) is 0.603. The van der Waals surface area contributed by atoms with E-state index in [2.05, 4.69) is 0 Å². The highest BCUT2D eigenvalue weighted by atomic mass is 35.5. The highest BCUT2D eigenvalue weighted by Crippen LogP contribution is 2.30. The van der Waals surface area contributed by atoms with Crippen molar-refractivity contribution in [1.29, 1.82) is 0 Å². The number of alkyl halides is 3. The van der Waals surface area contributed by atoms with Gasteiger partial charge in [0.15, 0.2) is 0 Å². The molecule has 134 valence electrons. The zero-order chi connectivity index (χ0) is 19.4. The summed E-state index contributed by atoms with van der Waals surface area (Å²) in [7, 11) is 0. The number of halogens is 4. The molecule has 3 rings (SSSR count). The van der Waals surface area contributed by atoms with Crippen LogP contribution in [0.25, 0.3) is 5.69 Å². The van der Waals surface area contributed by atoms with Crippen LogP contribution in [0.1, 0.15) is 31.1 Å². The number of hydrogen-bond donors (Lipinski definition) is 2. The molecule has 0 saturated carbocycles. The van der Waals surface area contributed by atoms with Crippen LogP contribution >= 0.6 is 11.6 Å². The zero-order valence-corrected chi connectivity index (χ0v) is 13.2. The van der Waals surface area contributed by atoms with E-state index in [1.54, 1.807) is 0 Å². The Morgan fingerprint density at radius 1 is 1.12 bits per heavy atom. The van der Waals surface area contributed by atoms with Gasteiger partial charge in [-0.1, -0.05) is 11.6 Å². The smallest absolute Gasteiger partial charge is 0.384 e. The van der Waals surface area contributed by atoms with Gasteiger partial charge < -0.3 is 5.73 Å². The predicted molar refractivity (Wildman–Crippen MR) is 83.6 cm³/mol. The summed E-state index contributed by atoms with van der Waals surface area (Å²) in [6.45, 7) is 0. The van der Waals surface area contributed by atoms with Crippen LogP contribution in [0.2, 0.25) is 5.02 Å². The van der Waals surface area contributed by atoms with Crippen LogP contribution in [0.3, 0.4) is 0 Å². The van der Waals surface area contributed by atoms with E-state index in [0.717, 1.165) is 24.3 Å². The monoisotopic (exact) mass is 385 g/mol.